The number of carbonyl (C=O) groups excluding carboxylic acids is 1. The van der Waals surface area contributed by atoms with Gasteiger partial charge in [0.2, 0.25) is 0 Å². The summed E-state index contributed by atoms with van der Waals surface area (Å²) in [4.78, 5) is 24.7. The summed E-state index contributed by atoms with van der Waals surface area (Å²) < 4.78 is 0. The van der Waals surface area contributed by atoms with E-state index < -0.39 is 12.0 Å². The van der Waals surface area contributed by atoms with Gasteiger partial charge in [0.05, 0.1) is 0 Å². The van der Waals surface area contributed by atoms with Crippen LogP contribution in [0.3, 0.4) is 0 Å². The van der Waals surface area contributed by atoms with E-state index >= 15 is 0 Å². The number of hydrogen-bond acceptors (Lipinski definition) is 6. The van der Waals surface area contributed by atoms with Crippen molar-refractivity contribution >= 4 is 5.97 Å². The van der Waals surface area contributed by atoms with E-state index in [1.165, 1.54) is 0 Å². The minimum absolute atomic E-state index is 0.334. The zero-order valence-corrected chi connectivity index (χ0v) is 5.82. The van der Waals surface area contributed by atoms with Gasteiger partial charge in [-0.05, 0) is 0 Å². The van der Waals surface area contributed by atoms with Gasteiger partial charge in [-0.3, -0.25) is 0 Å². The molecule has 0 saturated carbocycles. The summed E-state index contributed by atoms with van der Waals surface area (Å²) >= 11 is 0. The normalized spacial score (nSPS) is 29.9. The van der Waals surface area contributed by atoms with E-state index in [1.54, 1.807) is 0 Å². The fourth-order valence-corrected chi connectivity index (χ4v) is 1.06. The molecular formula is C5H9N3O3. The molecule has 0 aromatic heterocycles. The summed E-state index contributed by atoms with van der Waals surface area (Å²) in [5.74, 6) is 4.10. The fourth-order valence-electron chi connectivity index (χ4n) is 1.06. The first-order chi connectivity index (χ1) is 5.27. The van der Waals surface area contributed by atoms with Crippen LogP contribution in [0.1, 0.15) is 6.42 Å². The summed E-state index contributed by atoms with van der Waals surface area (Å²) in [6, 6.07) is -0.804. The summed E-state index contributed by atoms with van der Waals surface area (Å²) in [6.45, 7) is 0.420. The van der Waals surface area contributed by atoms with Gasteiger partial charge in [0.1, 0.15) is 12.1 Å². The average Bonchev–Trinajstić information content (AvgIpc) is 2.50. The highest BCUT2D eigenvalue weighted by Crippen LogP contribution is 2.10. The Kier molecular flexibility index (Phi) is 2.50. The number of nitrogens with zero attached hydrogens (tertiary/aromatic N) is 1. The molecule has 0 amide bonds. The highest BCUT2D eigenvalue weighted by atomic mass is 16.7. The largest absolute Gasteiger partial charge is 0.372 e. The minimum Gasteiger partial charge on any atom is -0.372 e. The molecule has 11 heavy (non-hydrogen) atoms. The molecular weight excluding hydrogens is 150 g/mol. The van der Waals surface area contributed by atoms with Gasteiger partial charge >= 0.3 is 5.97 Å². The van der Waals surface area contributed by atoms with Gasteiger partial charge < -0.3 is 10.2 Å². The third-order valence-corrected chi connectivity index (χ3v) is 1.66. The first-order valence-corrected chi connectivity index (χ1v) is 3.24. The van der Waals surface area contributed by atoms with Crippen molar-refractivity contribution in [3.63, 3.8) is 0 Å². The molecule has 1 aliphatic heterocycles. The Labute approximate surface area is 63.0 Å². The van der Waals surface area contributed by atoms with Crippen molar-refractivity contribution < 1.29 is 9.63 Å². The number of nitrogens with two attached hydrogens (primary N) is 1. The van der Waals surface area contributed by atoms with Crippen molar-refractivity contribution in [3.8, 4) is 0 Å². The van der Waals surface area contributed by atoms with Gasteiger partial charge in [0.15, 0.2) is 0 Å². The highest BCUT2D eigenvalue weighted by molar-refractivity contribution is 5.75. The Bertz CT molecular complexity index is 172. The van der Waals surface area contributed by atoms with Crippen LogP contribution in [0.5, 0.6) is 0 Å². The zero-order valence-electron chi connectivity index (χ0n) is 5.82. The van der Waals surface area contributed by atoms with Gasteiger partial charge in [0, 0.05) is 13.0 Å². The summed E-state index contributed by atoms with van der Waals surface area (Å²) in [5, 5.41) is 5.55. The summed E-state index contributed by atoms with van der Waals surface area (Å²) in [6.07, 6.45) is 0.375. The van der Waals surface area contributed by atoms with Crippen molar-refractivity contribution in [1.82, 2.24) is 5.32 Å². The standard InChI is InChI=1S/C5H9N3O3/c6-11-5(9)4-1-3(8-10)2-7-4/h3-4,7H,1-2,6H2/t3-,4-/m0/s1. The van der Waals surface area contributed by atoms with Crippen LogP contribution in [0.2, 0.25) is 0 Å². The molecule has 1 fully saturated rings. The molecule has 0 bridgehead atoms. The molecule has 62 valence electrons. The van der Waals surface area contributed by atoms with Gasteiger partial charge in [-0.25, -0.2) is 4.79 Å². The quantitative estimate of drug-likeness (QED) is 0.394. The average molecular weight is 159 g/mol. The lowest BCUT2D eigenvalue weighted by Crippen LogP contribution is -2.33. The fraction of sp³-hybridized carbons (Fsp3) is 0.800. The van der Waals surface area contributed by atoms with Crippen LogP contribution in [-0.4, -0.2) is 24.6 Å². The van der Waals surface area contributed by atoms with E-state index in [4.69, 9.17) is 0 Å². The van der Waals surface area contributed by atoms with Crippen LogP contribution in [-0.2, 0) is 9.63 Å². The van der Waals surface area contributed by atoms with E-state index in [9.17, 15) is 9.70 Å². The van der Waals surface area contributed by atoms with Gasteiger partial charge in [-0.2, -0.15) is 10.8 Å². The maximum Gasteiger partial charge on any atom is 0.341 e. The van der Waals surface area contributed by atoms with E-state index in [1.807, 2.05) is 0 Å². The van der Waals surface area contributed by atoms with Gasteiger partial charge in [-0.15, -0.1) is 0 Å². The third-order valence-electron chi connectivity index (χ3n) is 1.66. The van der Waals surface area contributed by atoms with Crippen LogP contribution in [0.15, 0.2) is 5.18 Å². The van der Waals surface area contributed by atoms with Crippen LogP contribution < -0.4 is 11.2 Å². The SMILES string of the molecule is NOC(=O)[C@@H]1C[C@H](N=O)CN1. The van der Waals surface area contributed by atoms with Crippen molar-refractivity contribution in [3.05, 3.63) is 4.91 Å². The van der Waals surface area contributed by atoms with E-state index in [-0.39, 0.29) is 6.04 Å². The molecule has 0 aromatic rings. The molecule has 6 nitrogen and oxygen atoms in total. The number of carbonyl (C=O) groups is 1. The van der Waals surface area contributed by atoms with E-state index in [0.29, 0.717) is 13.0 Å². The summed E-state index contributed by atoms with van der Waals surface area (Å²) in [5.41, 5.74) is 0. The number of nitrogens with one attached hydrogen (secondary N) is 1. The minimum atomic E-state index is -0.545. The van der Waals surface area contributed by atoms with Crippen molar-refractivity contribution in [2.75, 3.05) is 6.54 Å². The monoisotopic (exact) mass is 159 g/mol. The van der Waals surface area contributed by atoms with E-state index in [0.717, 1.165) is 0 Å². The highest BCUT2D eigenvalue weighted by Gasteiger charge is 2.30. The lowest BCUT2D eigenvalue weighted by molar-refractivity contribution is -0.146. The molecule has 1 heterocycles. The third kappa shape index (κ3) is 1.72. The summed E-state index contributed by atoms with van der Waals surface area (Å²) in [7, 11) is 0. The van der Waals surface area contributed by atoms with Gasteiger partial charge in [0.25, 0.3) is 0 Å². The number of rotatable bonds is 2. The first kappa shape index (κ1) is 8.09. The number of nitroso groups, excluding NO2 is 1. The van der Waals surface area contributed by atoms with Crippen LogP contribution >= 0.6 is 0 Å². The Hall–Kier alpha value is -1.01. The Morgan fingerprint density at radius 1 is 1.73 bits per heavy atom. The second-order valence-corrected chi connectivity index (χ2v) is 2.39. The lowest BCUT2D eigenvalue weighted by atomic mass is 10.2. The molecule has 1 rings (SSSR count). The Morgan fingerprint density at radius 2 is 2.45 bits per heavy atom. The van der Waals surface area contributed by atoms with Crippen LogP contribution in [0, 0.1) is 4.91 Å². The molecule has 1 saturated heterocycles. The molecule has 0 radical (unpaired) electrons. The lowest BCUT2D eigenvalue weighted by Gasteiger charge is -2.03. The molecule has 6 heteroatoms. The number of hydrogen-bond donors (Lipinski definition) is 2. The predicted octanol–water partition coefficient (Wildman–Crippen LogP) is -1.10. The second-order valence-electron chi connectivity index (χ2n) is 2.39. The molecule has 3 N–H and O–H groups in total. The Balaban J connectivity index is 2.41. The second kappa shape index (κ2) is 3.40. The molecule has 0 unspecified atom stereocenters. The molecule has 1 aliphatic rings. The first-order valence-electron chi connectivity index (χ1n) is 3.24. The smallest absolute Gasteiger partial charge is 0.341 e. The molecule has 2 atom stereocenters. The Morgan fingerprint density at radius 3 is 2.91 bits per heavy atom. The molecule has 0 spiro atoms. The maximum atomic E-state index is 10.7. The topological polar surface area (TPSA) is 93.8 Å². The van der Waals surface area contributed by atoms with Crippen LogP contribution in [0.4, 0.5) is 0 Å². The molecule has 0 aliphatic carbocycles. The van der Waals surface area contributed by atoms with Crippen molar-refractivity contribution in [2.24, 2.45) is 11.1 Å². The zero-order chi connectivity index (χ0) is 8.27. The van der Waals surface area contributed by atoms with Crippen LogP contribution in [0.25, 0.3) is 0 Å². The molecule has 0 aromatic carbocycles. The maximum absolute atomic E-state index is 10.7. The van der Waals surface area contributed by atoms with Crippen molar-refractivity contribution in [2.45, 2.75) is 18.5 Å². The van der Waals surface area contributed by atoms with E-state index in [2.05, 4.69) is 21.2 Å². The predicted molar refractivity (Wildman–Crippen MR) is 36.3 cm³/mol. The van der Waals surface area contributed by atoms with Gasteiger partial charge in [-0.1, -0.05) is 5.18 Å². The van der Waals surface area contributed by atoms with Crippen molar-refractivity contribution in [1.29, 1.82) is 0 Å².